The van der Waals surface area contributed by atoms with Gasteiger partial charge in [-0.25, -0.2) is 0 Å². The predicted molar refractivity (Wildman–Crippen MR) is 55.0 cm³/mol. The van der Waals surface area contributed by atoms with Crippen LogP contribution in [0, 0.1) is 0 Å². The highest BCUT2D eigenvalue weighted by atomic mass is 32.1. The second-order valence-corrected chi connectivity index (χ2v) is 4.13. The van der Waals surface area contributed by atoms with Crippen LogP contribution in [0.25, 0.3) is 0 Å². The van der Waals surface area contributed by atoms with Crippen LogP contribution >= 0.6 is 11.3 Å². The van der Waals surface area contributed by atoms with Gasteiger partial charge in [0.15, 0.2) is 0 Å². The van der Waals surface area contributed by atoms with Crippen molar-refractivity contribution >= 4 is 11.3 Å². The van der Waals surface area contributed by atoms with Crippen molar-refractivity contribution in [3.8, 4) is 0 Å². The highest BCUT2D eigenvalue weighted by Crippen LogP contribution is 2.23. The van der Waals surface area contributed by atoms with Gasteiger partial charge in [-0.05, 0) is 31.2 Å². The molecular weight excluding hydrogens is 184 g/mol. The van der Waals surface area contributed by atoms with E-state index in [2.05, 4.69) is 0 Å². The molecule has 0 aromatic carbocycles. The first-order chi connectivity index (χ1) is 6.24. The lowest BCUT2D eigenvalue weighted by Gasteiger charge is -2.12. The highest BCUT2D eigenvalue weighted by Gasteiger charge is 2.09. The Morgan fingerprint density at radius 3 is 2.85 bits per heavy atom. The van der Waals surface area contributed by atoms with E-state index in [1.165, 1.54) is 0 Å². The summed E-state index contributed by atoms with van der Waals surface area (Å²) >= 11 is 1.60. The maximum atomic E-state index is 9.71. The zero-order chi connectivity index (χ0) is 9.68. The molecule has 0 amide bonds. The molecule has 0 fully saturated rings. The van der Waals surface area contributed by atoms with Crippen LogP contribution in [-0.4, -0.2) is 18.3 Å². The van der Waals surface area contributed by atoms with Crippen LogP contribution in [0.5, 0.6) is 0 Å². The normalized spacial score (nSPS) is 15.6. The van der Waals surface area contributed by atoms with E-state index >= 15 is 0 Å². The van der Waals surface area contributed by atoms with Crippen molar-refractivity contribution in [1.29, 1.82) is 0 Å². The molecule has 1 heterocycles. The molecule has 0 aliphatic rings. The summed E-state index contributed by atoms with van der Waals surface area (Å²) in [6, 6.07) is 3.93. The van der Waals surface area contributed by atoms with Crippen LogP contribution in [0.3, 0.4) is 0 Å². The lowest BCUT2D eigenvalue weighted by atomic mass is 10.1. The first-order valence-corrected chi connectivity index (χ1v) is 5.36. The van der Waals surface area contributed by atoms with Gasteiger partial charge in [0.1, 0.15) is 0 Å². The Morgan fingerprint density at radius 2 is 2.31 bits per heavy atom. The summed E-state index contributed by atoms with van der Waals surface area (Å²) in [4.78, 5) is 1.04. The summed E-state index contributed by atoms with van der Waals surface area (Å²) < 4.78 is 5.11. The SMILES string of the molecule is COC(C)CCC(O)c1cccs1. The van der Waals surface area contributed by atoms with Gasteiger partial charge in [-0.3, -0.25) is 0 Å². The molecule has 1 aromatic heterocycles. The Balaban J connectivity index is 2.30. The molecule has 0 saturated carbocycles. The molecule has 0 bridgehead atoms. The molecule has 0 radical (unpaired) electrons. The fourth-order valence-corrected chi connectivity index (χ4v) is 1.88. The van der Waals surface area contributed by atoms with Crippen molar-refractivity contribution in [1.82, 2.24) is 0 Å². The van der Waals surface area contributed by atoms with Gasteiger partial charge in [0.2, 0.25) is 0 Å². The van der Waals surface area contributed by atoms with Gasteiger partial charge in [0, 0.05) is 12.0 Å². The smallest absolute Gasteiger partial charge is 0.0882 e. The van der Waals surface area contributed by atoms with Crippen molar-refractivity contribution in [2.24, 2.45) is 0 Å². The fraction of sp³-hybridized carbons (Fsp3) is 0.600. The molecule has 1 N–H and O–H groups in total. The number of rotatable bonds is 5. The molecule has 0 aliphatic carbocycles. The second kappa shape index (κ2) is 5.37. The summed E-state index contributed by atoms with van der Waals surface area (Å²) in [5, 5.41) is 11.7. The van der Waals surface area contributed by atoms with Crippen molar-refractivity contribution < 1.29 is 9.84 Å². The minimum absolute atomic E-state index is 0.231. The quantitative estimate of drug-likeness (QED) is 0.791. The van der Waals surface area contributed by atoms with Gasteiger partial charge < -0.3 is 9.84 Å². The largest absolute Gasteiger partial charge is 0.388 e. The van der Waals surface area contributed by atoms with Crippen LogP contribution in [0.2, 0.25) is 0 Å². The van der Waals surface area contributed by atoms with Crippen LogP contribution in [0.1, 0.15) is 30.7 Å². The second-order valence-electron chi connectivity index (χ2n) is 3.15. The van der Waals surface area contributed by atoms with E-state index in [-0.39, 0.29) is 12.2 Å². The number of thiophene rings is 1. The maximum Gasteiger partial charge on any atom is 0.0882 e. The summed E-state index contributed by atoms with van der Waals surface area (Å²) in [6.07, 6.45) is 1.58. The molecule has 2 atom stereocenters. The van der Waals surface area contributed by atoms with Crippen LogP contribution in [0.4, 0.5) is 0 Å². The zero-order valence-corrected chi connectivity index (χ0v) is 8.88. The monoisotopic (exact) mass is 200 g/mol. The highest BCUT2D eigenvalue weighted by molar-refractivity contribution is 7.10. The van der Waals surface area contributed by atoms with Gasteiger partial charge in [0.05, 0.1) is 12.2 Å². The molecule has 2 unspecified atom stereocenters. The molecule has 2 nitrogen and oxygen atoms in total. The van der Waals surface area contributed by atoms with E-state index in [0.717, 1.165) is 17.7 Å². The third-order valence-corrected chi connectivity index (χ3v) is 3.09. The average Bonchev–Trinajstić information content (AvgIpc) is 2.66. The van der Waals surface area contributed by atoms with Crippen LogP contribution in [0.15, 0.2) is 17.5 Å². The summed E-state index contributed by atoms with van der Waals surface area (Å²) in [5.41, 5.74) is 0. The van der Waals surface area contributed by atoms with Gasteiger partial charge in [-0.2, -0.15) is 0 Å². The molecule has 0 saturated heterocycles. The molecule has 0 aliphatic heterocycles. The van der Waals surface area contributed by atoms with Crippen molar-refractivity contribution in [3.63, 3.8) is 0 Å². The van der Waals surface area contributed by atoms with Crippen molar-refractivity contribution in [2.45, 2.75) is 32.0 Å². The number of ether oxygens (including phenoxy) is 1. The van der Waals surface area contributed by atoms with Gasteiger partial charge in [-0.15, -0.1) is 11.3 Å². The van der Waals surface area contributed by atoms with Gasteiger partial charge in [0.25, 0.3) is 0 Å². The topological polar surface area (TPSA) is 29.5 Å². The van der Waals surface area contributed by atoms with E-state index in [1.807, 2.05) is 24.4 Å². The van der Waals surface area contributed by atoms with Crippen LogP contribution in [-0.2, 0) is 4.74 Å². The Kier molecular flexibility index (Phi) is 4.42. The Morgan fingerprint density at radius 1 is 1.54 bits per heavy atom. The number of hydrogen-bond acceptors (Lipinski definition) is 3. The average molecular weight is 200 g/mol. The zero-order valence-electron chi connectivity index (χ0n) is 8.06. The molecule has 74 valence electrons. The molecule has 0 spiro atoms. The van der Waals surface area contributed by atoms with Crippen molar-refractivity contribution in [2.75, 3.05) is 7.11 Å². The number of methoxy groups -OCH3 is 1. The molecular formula is C10H16O2S. The van der Waals surface area contributed by atoms with Crippen LogP contribution < -0.4 is 0 Å². The summed E-state index contributed by atoms with van der Waals surface area (Å²) in [5.74, 6) is 0. The molecule has 1 rings (SSSR count). The summed E-state index contributed by atoms with van der Waals surface area (Å²) in [6.45, 7) is 2.02. The van der Waals surface area contributed by atoms with E-state index < -0.39 is 0 Å². The van der Waals surface area contributed by atoms with Gasteiger partial charge >= 0.3 is 0 Å². The summed E-state index contributed by atoms with van der Waals surface area (Å²) in [7, 11) is 1.70. The fourth-order valence-electron chi connectivity index (χ4n) is 1.13. The molecule has 1 aromatic rings. The van der Waals surface area contributed by atoms with E-state index in [9.17, 15) is 5.11 Å². The molecule has 3 heteroatoms. The van der Waals surface area contributed by atoms with E-state index in [1.54, 1.807) is 18.4 Å². The first kappa shape index (κ1) is 10.7. The third kappa shape index (κ3) is 3.46. The maximum absolute atomic E-state index is 9.71. The first-order valence-electron chi connectivity index (χ1n) is 4.48. The standard InChI is InChI=1S/C10H16O2S/c1-8(12-2)5-6-9(11)10-4-3-7-13-10/h3-4,7-9,11H,5-6H2,1-2H3. The predicted octanol–water partition coefficient (Wildman–Crippen LogP) is 2.60. The third-order valence-electron chi connectivity index (χ3n) is 2.12. The molecule has 13 heavy (non-hydrogen) atoms. The van der Waals surface area contributed by atoms with Crippen molar-refractivity contribution in [3.05, 3.63) is 22.4 Å². The lowest BCUT2D eigenvalue weighted by molar-refractivity contribution is 0.0860. The minimum atomic E-state index is -0.322. The van der Waals surface area contributed by atoms with E-state index in [4.69, 9.17) is 4.74 Å². The number of aliphatic hydroxyl groups excluding tert-OH is 1. The van der Waals surface area contributed by atoms with Gasteiger partial charge in [-0.1, -0.05) is 6.07 Å². The minimum Gasteiger partial charge on any atom is -0.388 e. The lowest BCUT2D eigenvalue weighted by Crippen LogP contribution is -2.06. The Labute approximate surface area is 83.2 Å². The Bertz CT molecular complexity index is 221. The van der Waals surface area contributed by atoms with E-state index in [0.29, 0.717) is 0 Å². The Hall–Kier alpha value is -0.380. The number of aliphatic hydroxyl groups is 1. The number of hydrogen-bond donors (Lipinski definition) is 1.